The number of halogens is 4. The van der Waals surface area contributed by atoms with Crippen LogP contribution < -0.4 is 26.6 Å². The number of piperidine rings is 1. The van der Waals surface area contributed by atoms with Crippen LogP contribution in [0.5, 0.6) is 0 Å². The van der Waals surface area contributed by atoms with Gasteiger partial charge in [0, 0.05) is 177 Å². The first-order chi connectivity index (χ1) is 41.1. The first-order valence-corrected chi connectivity index (χ1v) is 33.8. The first-order valence-electron chi connectivity index (χ1n) is 33.5. The fraction of sp³-hybridized carbons (Fsp3) is 0.725. The summed E-state index contributed by atoms with van der Waals surface area (Å²) < 4.78 is 41.0. The maximum Gasteiger partial charge on any atom is 0.417 e. The van der Waals surface area contributed by atoms with E-state index in [0.717, 1.165) is 154 Å². The van der Waals surface area contributed by atoms with Crippen molar-refractivity contribution in [3.63, 3.8) is 0 Å². The zero-order chi connectivity index (χ0) is 62.0. The maximum atomic E-state index is 14.7. The lowest BCUT2D eigenvalue weighted by atomic mass is 9.89. The normalized spacial score (nSPS) is 28.4. The molecule has 86 heavy (non-hydrogen) atoms. The van der Waals surface area contributed by atoms with Crippen LogP contribution in [-0.4, -0.2) is 195 Å². The topological polar surface area (TPSA) is 99.9 Å². The summed E-state index contributed by atoms with van der Waals surface area (Å²) in [6.07, 6.45) is 19.3. The highest BCUT2D eigenvalue weighted by Crippen LogP contribution is 2.39. The number of rotatable bonds is 9. The molecular formula is C69H114ClF3N12O. The molecule has 0 bridgehead atoms. The summed E-state index contributed by atoms with van der Waals surface area (Å²) in [4.78, 5) is 31.8. The molecule has 13 nitrogen and oxygen atoms in total. The summed E-state index contributed by atoms with van der Waals surface area (Å²) in [6, 6.07) is 16.3. The Hall–Kier alpha value is -3.87. The molecule has 0 aromatic heterocycles. The van der Waals surface area contributed by atoms with E-state index in [9.17, 15) is 18.0 Å². The monoisotopic (exact) mass is 1220 g/mol. The van der Waals surface area contributed by atoms with Crippen molar-refractivity contribution in [1.82, 2.24) is 60.9 Å². The van der Waals surface area contributed by atoms with Gasteiger partial charge in [0.1, 0.15) is 0 Å². The molecular weight excluding hydrogens is 1110 g/mol. The van der Waals surface area contributed by atoms with Gasteiger partial charge in [-0.3, -0.25) is 9.69 Å². The Kier molecular flexibility index (Phi) is 27.4. The van der Waals surface area contributed by atoms with Crippen LogP contribution in [0, 0.1) is 17.8 Å². The summed E-state index contributed by atoms with van der Waals surface area (Å²) in [5.74, 6) is 1.25. The summed E-state index contributed by atoms with van der Waals surface area (Å²) in [7, 11) is 8.86. The second kappa shape index (κ2) is 33.8. The van der Waals surface area contributed by atoms with Gasteiger partial charge in [0.25, 0.3) is 0 Å². The van der Waals surface area contributed by atoms with E-state index >= 15 is 0 Å². The second-order valence-electron chi connectivity index (χ2n) is 27.2. The quantitative estimate of drug-likeness (QED) is 0.165. The highest BCUT2D eigenvalue weighted by Gasteiger charge is 2.49. The molecule has 3 unspecified atom stereocenters. The smallest absolute Gasteiger partial charge is 0.387 e. The number of allylic oxidation sites excluding steroid dienone is 2. The van der Waals surface area contributed by atoms with E-state index in [-0.39, 0.29) is 46.7 Å². The van der Waals surface area contributed by atoms with Crippen LogP contribution in [0.25, 0.3) is 0 Å². The Morgan fingerprint density at radius 2 is 1.56 bits per heavy atom. The molecule has 4 fully saturated rings. The third-order valence-corrected chi connectivity index (χ3v) is 20.5. The Morgan fingerprint density at radius 3 is 2.26 bits per heavy atom. The predicted octanol–water partition coefficient (Wildman–Crippen LogP) is 10.9. The molecule has 17 heteroatoms. The molecule has 1 spiro atoms. The summed E-state index contributed by atoms with van der Waals surface area (Å²) in [6.45, 7) is 27.6. The van der Waals surface area contributed by atoms with Crippen molar-refractivity contribution in [2.24, 2.45) is 17.8 Å². The van der Waals surface area contributed by atoms with Crippen LogP contribution in [0.4, 0.5) is 13.2 Å². The molecule has 1 saturated carbocycles. The SMILES string of the molecule is CC[C@H](C)[C@H]1CN(C)CCN2CCCC2=CN(C)C(Cc2ccccc2)=CN(C)C=CN[C@@H](CCc2ccc(C(F)(F)F)c(Cl)c2)CCNCCNCC2(CCCC2)NC(C)[C@H](C(C)C)N2C(C[C@H](C(=O)N3CCCCC3)C2C)CN(C)[C@@H](C)CN1. The van der Waals surface area contributed by atoms with E-state index in [1.165, 1.54) is 42.3 Å². The van der Waals surface area contributed by atoms with Gasteiger partial charge in [-0.2, -0.15) is 13.2 Å². The van der Waals surface area contributed by atoms with Gasteiger partial charge >= 0.3 is 6.18 Å². The largest absolute Gasteiger partial charge is 0.417 e. The predicted molar refractivity (Wildman–Crippen MR) is 351 cm³/mol. The first kappa shape index (κ1) is 69.6. The zero-order valence-corrected chi connectivity index (χ0v) is 55.6. The van der Waals surface area contributed by atoms with Crippen molar-refractivity contribution in [3.05, 3.63) is 106 Å². The minimum Gasteiger partial charge on any atom is -0.387 e. The number of benzene rings is 2. The van der Waals surface area contributed by atoms with Crippen molar-refractivity contribution >= 4 is 17.5 Å². The van der Waals surface area contributed by atoms with Crippen molar-refractivity contribution in [1.29, 1.82) is 0 Å². The summed E-state index contributed by atoms with van der Waals surface area (Å²) >= 11 is 6.21. The molecule has 2 aromatic carbocycles. The molecule has 3 saturated heterocycles. The molecule has 4 aliphatic heterocycles. The summed E-state index contributed by atoms with van der Waals surface area (Å²) in [5.41, 5.74) is 3.74. The number of nitrogens with one attached hydrogen (secondary N) is 5. The Labute approximate surface area is 523 Å². The van der Waals surface area contributed by atoms with Crippen molar-refractivity contribution in [2.45, 2.75) is 199 Å². The van der Waals surface area contributed by atoms with Gasteiger partial charge in [-0.15, -0.1) is 0 Å². The lowest BCUT2D eigenvalue weighted by molar-refractivity contribution is -0.138. The molecule has 0 radical (unpaired) electrons. The van der Waals surface area contributed by atoms with Crippen molar-refractivity contribution in [3.8, 4) is 0 Å². The molecule has 484 valence electrons. The van der Waals surface area contributed by atoms with Gasteiger partial charge < -0.3 is 56.0 Å². The number of aryl methyl sites for hydroxylation is 1. The van der Waals surface area contributed by atoms with Crippen LogP contribution >= 0.6 is 11.6 Å². The highest BCUT2D eigenvalue weighted by molar-refractivity contribution is 6.31. The average molecular weight is 1220 g/mol. The number of hydrogen-bond donors (Lipinski definition) is 5. The van der Waals surface area contributed by atoms with Gasteiger partial charge in [0.15, 0.2) is 0 Å². The average Bonchev–Trinajstić information content (AvgIpc) is 2.08. The van der Waals surface area contributed by atoms with E-state index < -0.39 is 11.7 Å². The minimum absolute atomic E-state index is 0.0149. The van der Waals surface area contributed by atoms with Crippen molar-refractivity contribution in [2.75, 3.05) is 107 Å². The number of alkyl halides is 3. The van der Waals surface area contributed by atoms with Crippen LogP contribution in [-0.2, 0) is 23.8 Å². The zero-order valence-electron chi connectivity index (χ0n) is 54.8. The van der Waals surface area contributed by atoms with Crippen LogP contribution in [0.2, 0.25) is 5.02 Å². The number of amides is 1. The van der Waals surface area contributed by atoms with Crippen LogP contribution in [0.3, 0.4) is 0 Å². The van der Waals surface area contributed by atoms with Crippen LogP contribution in [0.1, 0.15) is 149 Å². The van der Waals surface area contributed by atoms with E-state index in [4.69, 9.17) is 11.6 Å². The number of nitrogens with zero attached hydrogens (tertiary/aromatic N) is 7. The maximum absolute atomic E-state index is 14.7. The van der Waals surface area contributed by atoms with Gasteiger partial charge in [-0.1, -0.05) is 95.0 Å². The van der Waals surface area contributed by atoms with E-state index in [1.807, 2.05) is 6.20 Å². The van der Waals surface area contributed by atoms with E-state index in [0.29, 0.717) is 42.7 Å². The number of likely N-dealkylation sites (tertiary alicyclic amines) is 1. The molecule has 2 aromatic rings. The van der Waals surface area contributed by atoms with Gasteiger partial charge in [-0.25, -0.2) is 0 Å². The van der Waals surface area contributed by atoms with Gasteiger partial charge in [0.2, 0.25) is 5.91 Å². The fourth-order valence-electron chi connectivity index (χ4n) is 14.7. The van der Waals surface area contributed by atoms with Gasteiger partial charge in [-0.05, 0) is 147 Å². The molecule has 5 N–H and O–H groups in total. The van der Waals surface area contributed by atoms with E-state index in [2.05, 4.69) is 186 Å². The number of carbonyl (C=O) groups is 1. The third-order valence-electron chi connectivity index (χ3n) is 20.2. The molecule has 5 aliphatic rings. The number of fused-ring (bicyclic) bond motifs is 2. The molecule has 1 amide bonds. The lowest BCUT2D eigenvalue weighted by Gasteiger charge is -2.46. The van der Waals surface area contributed by atoms with E-state index in [1.54, 1.807) is 6.07 Å². The second-order valence-corrected chi connectivity index (χ2v) is 27.6. The Bertz CT molecular complexity index is 2430. The number of likely N-dealkylation sites (N-methyl/N-ethyl adjacent to an activating group) is 3. The molecule has 9 atom stereocenters. The van der Waals surface area contributed by atoms with Gasteiger partial charge in [0.05, 0.1) is 16.5 Å². The lowest BCUT2D eigenvalue weighted by Crippen LogP contribution is -2.63. The summed E-state index contributed by atoms with van der Waals surface area (Å²) in [5, 5.41) is 19.5. The van der Waals surface area contributed by atoms with Crippen molar-refractivity contribution < 1.29 is 18.0 Å². The molecule has 1 aliphatic carbocycles. The fourth-order valence-corrected chi connectivity index (χ4v) is 15.0. The Morgan fingerprint density at radius 1 is 0.826 bits per heavy atom. The Balaban J connectivity index is 1.13. The molecule has 7 rings (SSSR count). The number of hydrogen-bond acceptors (Lipinski definition) is 12. The molecule has 4 heterocycles. The highest BCUT2D eigenvalue weighted by atomic mass is 35.5. The minimum atomic E-state index is -4.50. The standard InChI is InChI=1S/C69H114ClF3N12O/c1-12-52(4)65-49-80(9)40-41-83-38-21-24-59(83)47-82(11)60(42-56-22-15-13-16-23-56)46-79(8)39-35-76-58(27-25-57-26-28-63(64(70)43-57)69(71,72)73)29-32-74-33-34-75-50-68(30-17-18-31-68)78-54(6)66(51(2)3)85-55(7)62(67(86)84-36-19-14-20-37-84)44-61(85)48-81(10)53(5)45-77-65/h13,15-16,22-23,26,28,35,39,43,46-47,51-55,58,61-62,65-66,74-78H,12,14,17-21,24-25,27,29-34,36-38,40-42,44-45,48-50H2,1-11H3/t52-,53-,54?,55?,58-,61?,62-,65+,66-/m0/s1. The van der Waals surface area contributed by atoms with Crippen LogP contribution in [0.15, 0.2) is 84.7 Å². The third kappa shape index (κ3) is 20.3. The number of carbonyl (C=O) groups excluding carboxylic acids is 1.